The van der Waals surface area contributed by atoms with Gasteiger partial charge in [-0.1, -0.05) is 23.5 Å². The molecule has 3 aromatic rings. The summed E-state index contributed by atoms with van der Waals surface area (Å²) in [6.07, 6.45) is 1.35. The maximum atomic E-state index is 13.0. The molecule has 0 spiro atoms. The first-order valence-corrected chi connectivity index (χ1v) is 11.4. The minimum atomic E-state index is 0.140. The van der Waals surface area contributed by atoms with Gasteiger partial charge in [-0.2, -0.15) is 0 Å². The maximum Gasteiger partial charge on any atom is 0.228 e. The second-order valence-corrected chi connectivity index (χ2v) is 9.12. The molecule has 0 aliphatic rings. The van der Waals surface area contributed by atoms with Gasteiger partial charge in [0.1, 0.15) is 5.75 Å². The number of thiazole rings is 1. The molecule has 2 aromatic carbocycles. The molecule has 0 N–H and O–H groups in total. The number of thioether (sulfide) groups is 1. The summed E-state index contributed by atoms with van der Waals surface area (Å²) in [5.74, 6) is 1.90. The van der Waals surface area contributed by atoms with E-state index in [-0.39, 0.29) is 5.91 Å². The molecule has 29 heavy (non-hydrogen) atoms. The van der Waals surface area contributed by atoms with Crippen LogP contribution in [0.4, 0.5) is 5.13 Å². The van der Waals surface area contributed by atoms with E-state index in [4.69, 9.17) is 9.72 Å². The molecule has 5 nitrogen and oxygen atoms in total. The second kappa shape index (κ2) is 10.6. The third-order valence-electron chi connectivity index (χ3n) is 4.45. The number of hydrogen-bond donors (Lipinski definition) is 0. The second-order valence-electron chi connectivity index (χ2n) is 6.94. The molecular weight excluding hydrogens is 402 g/mol. The predicted molar refractivity (Wildman–Crippen MR) is 123 cm³/mol. The van der Waals surface area contributed by atoms with E-state index < -0.39 is 0 Å². The number of para-hydroxylation sites is 1. The fraction of sp³-hybridized carbons (Fsp3) is 0.364. The average molecular weight is 430 g/mol. The van der Waals surface area contributed by atoms with Crippen LogP contribution in [0, 0.1) is 0 Å². The van der Waals surface area contributed by atoms with Gasteiger partial charge in [-0.05, 0) is 62.7 Å². The number of benzene rings is 2. The van der Waals surface area contributed by atoms with Gasteiger partial charge in [0.25, 0.3) is 0 Å². The zero-order chi connectivity index (χ0) is 20.6. The highest BCUT2D eigenvalue weighted by atomic mass is 32.2. The summed E-state index contributed by atoms with van der Waals surface area (Å²) in [7, 11) is 5.71. The molecule has 0 unspecified atom stereocenters. The van der Waals surface area contributed by atoms with Crippen molar-refractivity contribution in [3.8, 4) is 5.75 Å². The zero-order valence-electron chi connectivity index (χ0n) is 17.1. The summed E-state index contributed by atoms with van der Waals surface area (Å²) in [5, 5.41) is 0.792. The first-order valence-electron chi connectivity index (χ1n) is 9.64. The zero-order valence-corrected chi connectivity index (χ0v) is 18.8. The lowest BCUT2D eigenvalue weighted by Crippen LogP contribution is -2.36. The van der Waals surface area contributed by atoms with Crippen LogP contribution in [-0.4, -0.2) is 55.8 Å². The monoisotopic (exact) mass is 429 g/mol. The Balaban J connectivity index is 1.58. The molecule has 0 saturated heterocycles. The smallest absolute Gasteiger partial charge is 0.228 e. The molecule has 154 valence electrons. The highest BCUT2D eigenvalue weighted by Crippen LogP contribution is 2.29. The number of aromatic nitrogens is 1. The number of methoxy groups -OCH3 is 1. The van der Waals surface area contributed by atoms with Crippen LogP contribution in [0.3, 0.4) is 0 Å². The molecular formula is C22H27N3O2S2. The van der Waals surface area contributed by atoms with E-state index in [9.17, 15) is 4.79 Å². The van der Waals surface area contributed by atoms with Gasteiger partial charge in [-0.15, -0.1) is 11.8 Å². The Hall–Kier alpha value is -2.09. The first kappa shape index (κ1) is 21.6. The fourth-order valence-electron chi connectivity index (χ4n) is 2.82. The molecule has 0 radical (unpaired) electrons. The normalized spacial score (nSPS) is 11.2. The number of fused-ring (bicyclic) bond motifs is 1. The quantitative estimate of drug-likeness (QED) is 0.343. The number of ether oxygens (including phenoxy) is 1. The van der Waals surface area contributed by atoms with Gasteiger partial charge in [0.2, 0.25) is 5.91 Å². The fourth-order valence-corrected chi connectivity index (χ4v) is 4.68. The van der Waals surface area contributed by atoms with E-state index in [2.05, 4.69) is 23.1 Å². The highest BCUT2D eigenvalue weighted by Gasteiger charge is 2.19. The van der Waals surface area contributed by atoms with Gasteiger partial charge in [0, 0.05) is 24.4 Å². The predicted octanol–water partition coefficient (Wildman–Crippen LogP) is 4.77. The van der Waals surface area contributed by atoms with Crippen LogP contribution in [0.2, 0.25) is 0 Å². The van der Waals surface area contributed by atoms with Crippen molar-refractivity contribution in [2.45, 2.75) is 17.7 Å². The van der Waals surface area contributed by atoms with E-state index in [0.29, 0.717) is 13.0 Å². The van der Waals surface area contributed by atoms with E-state index in [0.717, 1.165) is 39.8 Å². The molecule has 1 amide bonds. The van der Waals surface area contributed by atoms with Crippen molar-refractivity contribution >= 4 is 44.4 Å². The van der Waals surface area contributed by atoms with Gasteiger partial charge < -0.3 is 9.64 Å². The molecule has 1 heterocycles. The van der Waals surface area contributed by atoms with Gasteiger partial charge in [0.15, 0.2) is 5.13 Å². The number of hydrogen-bond acceptors (Lipinski definition) is 6. The lowest BCUT2D eigenvalue weighted by Gasteiger charge is -2.22. The Morgan fingerprint density at radius 3 is 2.55 bits per heavy atom. The maximum absolute atomic E-state index is 13.0. The van der Waals surface area contributed by atoms with E-state index in [1.54, 1.807) is 30.2 Å². The van der Waals surface area contributed by atoms with Crippen molar-refractivity contribution in [2.24, 2.45) is 0 Å². The number of rotatable bonds is 10. The number of amides is 1. The Labute approximate surface area is 180 Å². The SMILES string of the molecule is COc1ccc(SCCCC(=O)N(CCN(C)C)c2nc3ccccc3s2)cc1. The van der Waals surface area contributed by atoms with Crippen molar-refractivity contribution in [3.05, 3.63) is 48.5 Å². The van der Waals surface area contributed by atoms with Crippen LogP contribution in [0.15, 0.2) is 53.4 Å². The number of carbonyl (C=O) groups excluding carboxylic acids is 1. The molecule has 0 atom stereocenters. The van der Waals surface area contributed by atoms with Crippen molar-refractivity contribution in [2.75, 3.05) is 44.9 Å². The lowest BCUT2D eigenvalue weighted by atomic mass is 10.3. The van der Waals surface area contributed by atoms with Crippen LogP contribution in [-0.2, 0) is 4.79 Å². The Morgan fingerprint density at radius 2 is 1.86 bits per heavy atom. The Morgan fingerprint density at radius 1 is 1.10 bits per heavy atom. The minimum Gasteiger partial charge on any atom is -0.497 e. The van der Waals surface area contributed by atoms with Crippen molar-refractivity contribution in [1.29, 1.82) is 0 Å². The Bertz CT molecular complexity index is 892. The third-order valence-corrected chi connectivity index (χ3v) is 6.61. The standard InChI is InChI=1S/C22H27N3O2S2/c1-24(2)14-15-25(22-23-19-7-4-5-8-20(19)29-22)21(26)9-6-16-28-18-12-10-17(27-3)11-13-18/h4-5,7-8,10-13H,6,9,14-16H2,1-3H3. The van der Waals surface area contributed by atoms with Crippen LogP contribution in [0.1, 0.15) is 12.8 Å². The molecule has 7 heteroatoms. The molecule has 0 bridgehead atoms. The van der Waals surface area contributed by atoms with E-state index >= 15 is 0 Å². The summed E-state index contributed by atoms with van der Waals surface area (Å²) in [4.78, 5) is 22.8. The minimum absolute atomic E-state index is 0.140. The first-order chi connectivity index (χ1) is 14.1. The summed E-state index contributed by atoms with van der Waals surface area (Å²) >= 11 is 3.35. The van der Waals surface area contributed by atoms with Gasteiger partial charge >= 0.3 is 0 Å². The topological polar surface area (TPSA) is 45.7 Å². The lowest BCUT2D eigenvalue weighted by molar-refractivity contribution is -0.118. The third kappa shape index (κ3) is 6.19. The van der Waals surface area contributed by atoms with Crippen LogP contribution < -0.4 is 9.64 Å². The van der Waals surface area contributed by atoms with E-state index in [1.807, 2.05) is 49.3 Å². The van der Waals surface area contributed by atoms with Crippen LogP contribution >= 0.6 is 23.1 Å². The van der Waals surface area contributed by atoms with Crippen molar-refractivity contribution in [3.63, 3.8) is 0 Å². The number of anilines is 1. The molecule has 3 rings (SSSR count). The summed E-state index contributed by atoms with van der Waals surface area (Å²) in [6.45, 7) is 1.46. The van der Waals surface area contributed by atoms with Gasteiger partial charge in [0.05, 0.1) is 17.3 Å². The highest BCUT2D eigenvalue weighted by molar-refractivity contribution is 7.99. The Kier molecular flexibility index (Phi) is 7.91. The molecule has 0 aliphatic heterocycles. The van der Waals surface area contributed by atoms with Gasteiger partial charge in [-0.3, -0.25) is 9.69 Å². The van der Waals surface area contributed by atoms with Crippen molar-refractivity contribution in [1.82, 2.24) is 9.88 Å². The summed E-state index contributed by atoms with van der Waals surface area (Å²) in [6, 6.07) is 16.1. The largest absolute Gasteiger partial charge is 0.497 e. The average Bonchev–Trinajstić information content (AvgIpc) is 3.15. The summed E-state index contributed by atoms with van der Waals surface area (Å²) < 4.78 is 6.30. The number of likely N-dealkylation sites (N-methyl/N-ethyl adjacent to an activating group) is 1. The molecule has 0 aliphatic carbocycles. The molecule has 0 saturated carbocycles. The molecule has 1 aromatic heterocycles. The summed E-state index contributed by atoms with van der Waals surface area (Å²) in [5.41, 5.74) is 0.949. The van der Waals surface area contributed by atoms with Gasteiger partial charge in [-0.25, -0.2) is 4.98 Å². The van der Waals surface area contributed by atoms with Crippen LogP contribution in [0.25, 0.3) is 10.2 Å². The number of carbonyl (C=O) groups is 1. The van der Waals surface area contributed by atoms with Crippen molar-refractivity contribution < 1.29 is 9.53 Å². The van der Waals surface area contributed by atoms with Crippen LogP contribution in [0.5, 0.6) is 5.75 Å². The molecule has 0 fully saturated rings. The number of nitrogens with zero attached hydrogens (tertiary/aromatic N) is 3. The van der Waals surface area contributed by atoms with E-state index in [1.165, 1.54) is 4.90 Å².